The van der Waals surface area contributed by atoms with Crippen LogP contribution in [0.15, 0.2) is 48.5 Å². The summed E-state index contributed by atoms with van der Waals surface area (Å²) in [7, 11) is 1.62. The van der Waals surface area contributed by atoms with Crippen molar-refractivity contribution >= 4 is 17.5 Å². The maximum atomic E-state index is 13.6. The standard InChI is InChI=1S/C28H37N3O2/c1-5-17-30(28(3)16-15-21-11-6-7-12-22(21)28)18-10-19-31-24-14-9-8-13-23(24)27(2,26(31)33)20-25(32)29-4/h6-9,11-14H,5,10,15-20H2,1-4H3,(H,29,32)/t27-,28-/m0/s1. The molecule has 2 aromatic rings. The molecule has 0 fully saturated rings. The van der Waals surface area contributed by atoms with Crippen LogP contribution in [0.25, 0.3) is 0 Å². The van der Waals surface area contributed by atoms with Crippen LogP contribution in [-0.2, 0) is 27.0 Å². The number of nitrogens with zero attached hydrogens (tertiary/aromatic N) is 2. The molecule has 0 unspecified atom stereocenters. The Hall–Kier alpha value is -2.66. The van der Waals surface area contributed by atoms with Crippen LogP contribution < -0.4 is 10.2 Å². The number of hydrogen-bond acceptors (Lipinski definition) is 3. The van der Waals surface area contributed by atoms with Gasteiger partial charge in [-0.3, -0.25) is 14.5 Å². The molecule has 0 spiro atoms. The van der Waals surface area contributed by atoms with Crippen molar-refractivity contribution in [3.05, 3.63) is 65.2 Å². The Bertz CT molecular complexity index is 1040. The van der Waals surface area contributed by atoms with Gasteiger partial charge in [0.2, 0.25) is 11.8 Å². The summed E-state index contributed by atoms with van der Waals surface area (Å²) < 4.78 is 0. The van der Waals surface area contributed by atoms with Crippen LogP contribution in [0.3, 0.4) is 0 Å². The van der Waals surface area contributed by atoms with E-state index in [1.807, 2.05) is 36.1 Å². The average molecular weight is 448 g/mol. The SMILES string of the molecule is CCCN(CCCN1C(=O)[C@@](C)(CC(=O)NC)c2ccccc21)[C@@]1(C)CCc2ccccc21. The summed E-state index contributed by atoms with van der Waals surface area (Å²) >= 11 is 0. The van der Waals surface area contributed by atoms with Gasteiger partial charge in [0.1, 0.15) is 0 Å². The number of hydrogen-bond donors (Lipinski definition) is 1. The van der Waals surface area contributed by atoms with E-state index in [0.717, 1.165) is 50.0 Å². The van der Waals surface area contributed by atoms with Crippen LogP contribution >= 0.6 is 0 Å². The number of carbonyl (C=O) groups excluding carboxylic acids is 2. The number of benzene rings is 2. The summed E-state index contributed by atoms with van der Waals surface area (Å²) in [6, 6.07) is 16.8. The topological polar surface area (TPSA) is 52.7 Å². The number of nitrogens with one attached hydrogen (secondary N) is 1. The minimum Gasteiger partial charge on any atom is -0.359 e. The van der Waals surface area contributed by atoms with Crippen molar-refractivity contribution in [3.63, 3.8) is 0 Å². The van der Waals surface area contributed by atoms with Gasteiger partial charge in [-0.05, 0) is 68.8 Å². The van der Waals surface area contributed by atoms with E-state index in [0.29, 0.717) is 6.54 Å². The summed E-state index contributed by atoms with van der Waals surface area (Å²) in [5.74, 6) is -0.0730. The quantitative estimate of drug-likeness (QED) is 0.620. The third-order valence-corrected chi connectivity index (χ3v) is 7.78. The molecule has 4 rings (SSSR count). The first kappa shape index (κ1) is 23.5. The van der Waals surface area contributed by atoms with E-state index in [1.165, 1.54) is 11.1 Å². The van der Waals surface area contributed by atoms with Crippen LogP contribution in [0.4, 0.5) is 5.69 Å². The first-order valence-electron chi connectivity index (χ1n) is 12.3. The van der Waals surface area contributed by atoms with E-state index in [-0.39, 0.29) is 23.8 Å². The molecule has 1 heterocycles. The van der Waals surface area contributed by atoms with E-state index < -0.39 is 5.41 Å². The van der Waals surface area contributed by atoms with Gasteiger partial charge in [0.05, 0.1) is 5.41 Å². The first-order chi connectivity index (χ1) is 15.8. The highest BCUT2D eigenvalue weighted by Crippen LogP contribution is 2.44. The molecule has 5 heteroatoms. The maximum Gasteiger partial charge on any atom is 0.237 e. The number of aryl methyl sites for hydroxylation is 1. The molecule has 2 aromatic carbocycles. The Labute approximate surface area is 198 Å². The average Bonchev–Trinajstić information content (AvgIpc) is 3.27. The van der Waals surface area contributed by atoms with Gasteiger partial charge in [-0.15, -0.1) is 0 Å². The Morgan fingerprint density at radius 2 is 1.76 bits per heavy atom. The maximum absolute atomic E-state index is 13.6. The van der Waals surface area contributed by atoms with Crippen molar-refractivity contribution < 1.29 is 9.59 Å². The van der Waals surface area contributed by atoms with Crippen molar-refractivity contribution in [2.24, 2.45) is 0 Å². The molecule has 33 heavy (non-hydrogen) atoms. The molecule has 0 saturated heterocycles. The second kappa shape index (κ2) is 9.30. The zero-order valence-corrected chi connectivity index (χ0v) is 20.5. The predicted octanol–water partition coefficient (Wildman–Crippen LogP) is 4.39. The molecule has 5 nitrogen and oxygen atoms in total. The Kier molecular flexibility index (Phi) is 6.62. The second-order valence-corrected chi connectivity index (χ2v) is 9.93. The summed E-state index contributed by atoms with van der Waals surface area (Å²) in [5, 5.41) is 2.68. The molecular formula is C28H37N3O2. The first-order valence-corrected chi connectivity index (χ1v) is 12.3. The summed E-state index contributed by atoms with van der Waals surface area (Å²) in [6.45, 7) is 9.17. The molecule has 0 radical (unpaired) electrons. The van der Waals surface area contributed by atoms with Crippen LogP contribution in [0.2, 0.25) is 0 Å². The lowest BCUT2D eigenvalue weighted by molar-refractivity contribution is -0.128. The van der Waals surface area contributed by atoms with E-state index in [4.69, 9.17) is 0 Å². The Morgan fingerprint density at radius 3 is 2.48 bits per heavy atom. The van der Waals surface area contributed by atoms with E-state index in [1.54, 1.807) is 7.05 Å². The van der Waals surface area contributed by atoms with E-state index >= 15 is 0 Å². The third-order valence-electron chi connectivity index (χ3n) is 7.78. The zero-order valence-electron chi connectivity index (χ0n) is 20.5. The van der Waals surface area contributed by atoms with Gasteiger partial charge in [-0.2, -0.15) is 0 Å². The number of para-hydroxylation sites is 1. The van der Waals surface area contributed by atoms with E-state index in [2.05, 4.69) is 48.3 Å². The van der Waals surface area contributed by atoms with Gasteiger partial charge in [0, 0.05) is 37.8 Å². The van der Waals surface area contributed by atoms with Gasteiger partial charge in [-0.25, -0.2) is 0 Å². The third kappa shape index (κ3) is 4.08. The molecule has 2 atom stereocenters. The van der Waals surface area contributed by atoms with Crippen molar-refractivity contribution in [1.82, 2.24) is 10.2 Å². The molecule has 0 bridgehead atoms. The molecule has 1 aliphatic carbocycles. The Balaban J connectivity index is 1.50. The number of anilines is 1. The smallest absolute Gasteiger partial charge is 0.237 e. The van der Waals surface area contributed by atoms with Gasteiger partial charge in [-0.1, -0.05) is 49.4 Å². The monoisotopic (exact) mass is 447 g/mol. The van der Waals surface area contributed by atoms with Crippen molar-refractivity contribution in [2.75, 3.05) is 31.6 Å². The summed E-state index contributed by atoms with van der Waals surface area (Å²) in [6.07, 6.45) is 4.44. The predicted molar refractivity (Wildman–Crippen MR) is 133 cm³/mol. The molecular weight excluding hydrogens is 410 g/mol. The minimum atomic E-state index is -0.809. The second-order valence-electron chi connectivity index (χ2n) is 9.93. The van der Waals surface area contributed by atoms with Gasteiger partial charge < -0.3 is 10.2 Å². The number of carbonyl (C=O) groups is 2. The normalized spacial score (nSPS) is 23.7. The number of rotatable bonds is 9. The molecule has 2 aliphatic rings. The molecule has 2 amide bonds. The van der Waals surface area contributed by atoms with Gasteiger partial charge >= 0.3 is 0 Å². The van der Waals surface area contributed by atoms with Crippen molar-refractivity contribution in [1.29, 1.82) is 0 Å². The summed E-state index contributed by atoms with van der Waals surface area (Å²) in [4.78, 5) is 30.3. The molecule has 0 aromatic heterocycles. The highest BCUT2D eigenvalue weighted by Gasteiger charge is 2.48. The van der Waals surface area contributed by atoms with Gasteiger partial charge in [0.15, 0.2) is 0 Å². The summed E-state index contributed by atoms with van der Waals surface area (Å²) in [5.41, 5.74) is 4.08. The molecule has 176 valence electrons. The lowest BCUT2D eigenvalue weighted by atomic mass is 9.80. The largest absolute Gasteiger partial charge is 0.359 e. The highest BCUT2D eigenvalue weighted by molar-refractivity contribution is 6.09. The lowest BCUT2D eigenvalue weighted by Crippen LogP contribution is -2.45. The fourth-order valence-electron chi connectivity index (χ4n) is 5.90. The van der Waals surface area contributed by atoms with Crippen molar-refractivity contribution in [3.8, 4) is 0 Å². The molecule has 1 N–H and O–H groups in total. The Morgan fingerprint density at radius 1 is 1.06 bits per heavy atom. The van der Waals surface area contributed by atoms with Crippen molar-refractivity contribution in [2.45, 2.75) is 63.8 Å². The van der Waals surface area contributed by atoms with E-state index in [9.17, 15) is 9.59 Å². The van der Waals surface area contributed by atoms with Crippen LogP contribution in [-0.4, -0.2) is 43.4 Å². The fraction of sp³-hybridized carbons (Fsp3) is 0.500. The van der Waals surface area contributed by atoms with Gasteiger partial charge in [0.25, 0.3) is 0 Å². The van der Waals surface area contributed by atoms with Crippen LogP contribution in [0, 0.1) is 0 Å². The van der Waals surface area contributed by atoms with Crippen LogP contribution in [0.1, 0.15) is 63.1 Å². The fourth-order valence-corrected chi connectivity index (χ4v) is 5.90. The molecule has 0 saturated carbocycles. The number of fused-ring (bicyclic) bond motifs is 2. The van der Waals surface area contributed by atoms with Crippen LogP contribution in [0.5, 0.6) is 0 Å². The number of amides is 2. The zero-order chi connectivity index (χ0) is 23.6. The lowest BCUT2D eigenvalue weighted by Gasteiger charge is -2.40. The minimum absolute atomic E-state index is 0.0340. The molecule has 1 aliphatic heterocycles. The highest BCUT2D eigenvalue weighted by atomic mass is 16.2.